The van der Waals surface area contributed by atoms with Crippen molar-refractivity contribution in [1.82, 2.24) is 0 Å². The molecule has 0 fully saturated rings. The first kappa shape index (κ1) is 11.0. The second-order valence-electron chi connectivity index (χ2n) is 4.34. The lowest BCUT2D eigenvalue weighted by molar-refractivity contribution is 0.297. The Labute approximate surface area is 106 Å². The first-order chi connectivity index (χ1) is 8.83. The molecule has 92 valence electrons. The highest BCUT2D eigenvalue weighted by molar-refractivity contribution is 5.70. The summed E-state index contributed by atoms with van der Waals surface area (Å²) in [5, 5.41) is 0. The van der Waals surface area contributed by atoms with Crippen molar-refractivity contribution in [2.24, 2.45) is 0 Å². The van der Waals surface area contributed by atoms with Crippen molar-refractivity contribution in [1.29, 1.82) is 0 Å². The molecule has 1 aliphatic heterocycles. The summed E-state index contributed by atoms with van der Waals surface area (Å²) in [6.45, 7) is 1.41. The third kappa shape index (κ3) is 2.12. The van der Waals surface area contributed by atoms with Crippen molar-refractivity contribution >= 4 is 5.69 Å². The minimum atomic E-state index is 0.702. The van der Waals surface area contributed by atoms with Gasteiger partial charge in [-0.3, -0.25) is 0 Å². The van der Waals surface area contributed by atoms with Crippen LogP contribution in [0.2, 0.25) is 0 Å². The average molecular weight is 241 g/mol. The number of benzene rings is 2. The van der Waals surface area contributed by atoms with E-state index in [0.29, 0.717) is 13.2 Å². The minimum absolute atomic E-state index is 0.702. The van der Waals surface area contributed by atoms with Crippen LogP contribution < -0.4 is 15.2 Å². The zero-order valence-electron chi connectivity index (χ0n) is 10.1. The molecule has 0 aliphatic carbocycles. The van der Waals surface area contributed by atoms with Crippen molar-refractivity contribution < 1.29 is 9.47 Å². The summed E-state index contributed by atoms with van der Waals surface area (Å²) in [6.07, 6.45) is 0.919. The summed E-state index contributed by atoms with van der Waals surface area (Å²) in [7, 11) is 0. The predicted molar refractivity (Wildman–Crippen MR) is 71.9 cm³/mol. The molecule has 1 aliphatic rings. The third-order valence-electron chi connectivity index (χ3n) is 2.97. The van der Waals surface area contributed by atoms with Gasteiger partial charge >= 0.3 is 0 Å². The quantitative estimate of drug-likeness (QED) is 0.780. The van der Waals surface area contributed by atoms with E-state index in [1.807, 2.05) is 42.5 Å². The number of hydrogen-bond acceptors (Lipinski definition) is 3. The number of fused-ring (bicyclic) bond motifs is 1. The molecule has 3 heteroatoms. The number of hydrogen-bond donors (Lipinski definition) is 1. The molecule has 3 nitrogen and oxygen atoms in total. The Morgan fingerprint density at radius 3 is 2.44 bits per heavy atom. The molecule has 3 rings (SSSR count). The molecular formula is C15H15NO2. The van der Waals surface area contributed by atoms with Crippen molar-refractivity contribution in [3.05, 3.63) is 42.5 Å². The molecule has 2 N–H and O–H groups in total. The normalized spacial score (nSPS) is 14.0. The van der Waals surface area contributed by atoms with E-state index < -0.39 is 0 Å². The average Bonchev–Trinajstić information content (AvgIpc) is 2.63. The lowest BCUT2D eigenvalue weighted by Crippen LogP contribution is -1.97. The summed E-state index contributed by atoms with van der Waals surface area (Å²) in [5.41, 5.74) is 8.74. The fourth-order valence-electron chi connectivity index (χ4n) is 2.06. The van der Waals surface area contributed by atoms with Crippen LogP contribution in [0.3, 0.4) is 0 Å². The number of nitrogen functional groups attached to an aromatic ring is 1. The Kier molecular flexibility index (Phi) is 2.81. The highest BCUT2D eigenvalue weighted by atomic mass is 16.5. The van der Waals surface area contributed by atoms with Gasteiger partial charge in [0.1, 0.15) is 0 Å². The third-order valence-corrected chi connectivity index (χ3v) is 2.97. The SMILES string of the molecule is Nc1cccc(-c2ccc3c(c2)OCCCO3)c1. The molecule has 1 heterocycles. The van der Waals surface area contributed by atoms with E-state index in [1.165, 1.54) is 0 Å². The Balaban J connectivity index is 2.01. The summed E-state index contributed by atoms with van der Waals surface area (Å²) >= 11 is 0. The maximum atomic E-state index is 5.80. The Bertz CT molecular complexity index is 566. The van der Waals surface area contributed by atoms with E-state index in [-0.39, 0.29) is 0 Å². The standard InChI is InChI=1S/C15H15NO2/c16-13-4-1-3-11(9-13)12-5-6-14-15(10-12)18-8-2-7-17-14/h1,3-6,9-10H,2,7-8,16H2. The second kappa shape index (κ2) is 4.61. The Hall–Kier alpha value is -2.16. The van der Waals surface area contributed by atoms with E-state index in [0.717, 1.165) is 34.7 Å². The molecule has 0 spiro atoms. The van der Waals surface area contributed by atoms with Gasteiger partial charge in [0.15, 0.2) is 11.5 Å². The van der Waals surface area contributed by atoms with Gasteiger partial charge in [-0.2, -0.15) is 0 Å². The van der Waals surface area contributed by atoms with Crippen LogP contribution in [-0.2, 0) is 0 Å². The molecule has 2 aromatic carbocycles. The number of rotatable bonds is 1. The number of anilines is 1. The molecular weight excluding hydrogens is 226 g/mol. The van der Waals surface area contributed by atoms with Crippen LogP contribution in [0.4, 0.5) is 5.69 Å². The zero-order chi connectivity index (χ0) is 12.4. The van der Waals surface area contributed by atoms with Crippen molar-refractivity contribution in [3.8, 4) is 22.6 Å². The molecule has 0 saturated carbocycles. The fraction of sp³-hybridized carbons (Fsp3) is 0.200. The molecule has 0 unspecified atom stereocenters. The van der Waals surface area contributed by atoms with E-state index in [9.17, 15) is 0 Å². The molecule has 0 aromatic heterocycles. The van der Waals surface area contributed by atoms with Gasteiger partial charge in [-0.15, -0.1) is 0 Å². The van der Waals surface area contributed by atoms with Crippen LogP contribution in [0, 0.1) is 0 Å². The summed E-state index contributed by atoms with van der Waals surface area (Å²) in [4.78, 5) is 0. The largest absolute Gasteiger partial charge is 0.490 e. The molecule has 0 amide bonds. The number of nitrogens with two attached hydrogens (primary N) is 1. The lowest BCUT2D eigenvalue weighted by Gasteiger charge is -2.09. The van der Waals surface area contributed by atoms with Gasteiger partial charge in [-0.05, 0) is 35.4 Å². The first-order valence-electron chi connectivity index (χ1n) is 6.08. The van der Waals surface area contributed by atoms with Crippen LogP contribution >= 0.6 is 0 Å². The van der Waals surface area contributed by atoms with Gasteiger partial charge in [0.2, 0.25) is 0 Å². The minimum Gasteiger partial charge on any atom is -0.490 e. The highest BCUT2D eigenvalue weighted by Crippen LogP contribution is 2.34. The maximum Gasteiger partial charge on any atom is 0.161 e. The Morgan fingerprint density at radius 1 is 0.833 bits per heavy atom. The van der Waals surface area contributed by atoms with Gasteiger partial charge in [-0.1, -0.05) is 18.2 Å². The van der Waals surface area contributed by atoms with Crippen LogP contribution in [0.5, 0.6) is 11.5 Å². The molecule has 0 saturated heterocycles. The van der Waals surface area contributed by atoms with Gasteiger partial charge in [0.05, 0.1) is 13.2 Å². The van der Waals surface area contributed by atoms with Crippen molar-refractivity contribution in [3.63, 3.8) is 0 Å². The van der Waals surface area contributed by atoms with E-state index in [4.69, 9.17) is 15.2 Å². The topological polar surface area (TPSA) is 44.5 Å². The first-order valence-corrected chi connectivity index (χ1v) is 6.08. The molecule has 0 atom stereocenters. The summed E-state index contributed by atoms with van der Waals surface area (Å²) < 4.78 is 11.3. The summed E-state index contributed by atoms with van der Waals surface area (Å²) in [6, 6.07) is 13.8. The highest BCUT2D eigenvalue weighted by Gasteiger charge is 2.11. The molecule has 0 radical (unpaired) electrons. The van der Waals surface area contributed by atoms with E-state index in [2.05, 4.69) is 0 Å². The predicted octanol–water partition coefficient (Wildman–Crippen LogP) is 3.10. The monoisotopic (exact) mass is 241 g/mol. The molecule has 2 aromatic rings. The van der Waals surface area contributed by atoms with E-state index in [1.54, 1.807) is 0 Å². The number of ether oxygens (including phenoxy) is 2. The fourth-order valence-corrected chi connectivity index (χ4v) is 2.06. The van der Waals surface area contributed by atoms with Crippen LogP contribution in [0.15, 0.2) is 42.5 Å². The van der Waals surface area contributed by atoms with Crippen LogP contribution in [0.1, 0.15) is 6.42 Å². The van der Waals surface area contributed by atoms with Crippen molar-refractivity contribution in [2.45, 2.75) is 6.42 Å². The van der Waals surface area contributed by atoms with Gasteiger partial charge in [0.25, 0.3) is 0 Å². The van der Waals surface area contributed by atoms with Crippen LogP contribution in [-0.4, -0.2) is 13.2 Å². The van der Waals surface area contributed by atoms with E-state index >= 15 is 0 Å². The smallest absolute Gasteiger partial charge is 0.161 e. The van der Waals surface area contributed by atoms with Crippen molar-refractivity contribution in [2.75, 3.05) is 18.9 Å². The van der Waals surface area contributed by atoms with Gasteiger partial charge in [0, 0.05) is 12.1 Å². The second-order valence-corrected chi connectivity index (χ2v) is 4.34. The van der Waals surface area contributed by atoms with Crippen LogP contribution in [0.25, 0.3) is 11.1 Å². The summed E-state index contributed by atoms with van der Waals surface area (Å²) in [5.74, 6) is 1.63. The molecule has 0 bridgehead atoms. The molecule has 18 heavy (non-hydrogen) atoms. The van der Waals surface area contributed by atoms with Gasteiger partial charge < -0.3 is 15.2 Å². The lowest BCUT2D eigenvalue weighted by atomic mass is 10.0. The Morgan fingerprint density at radius 2 is 1.61 bits per heavy atom. The van der Waals surface area contributed by atoms with Gasteiger partial charge in [-0.25, -0.2) is 0 Å². The zero-order valence-corrected chi connectivity index (χ0v) is 10.1. The maximum absolute atomic E-state index is 5.80.